The minimum Gasteiger partial charge on any atom is -0.467 e. The van der Waals surface area contributed by atoms with Gasteiger partial charge in [-0.05, 0) is 30.8 Å². The van der Waals surface area contributed by atoms with Gasteiger partial charge in [-0.15, -0.1) is 0 Å². The Balaban J connectivity index is 1.76. The van der Waals surface area contributed by atoms with Crippen LogP contribution in [0.4, 0.5) is 5.69 Å². The van der Waals surface area contributed by atoms with Crippen LogP contribution in [0.15, 0.2) is 36.7 Å². The molecular weight excluding hydrogens is 266 g/mol. The highest BCUT2D eigenvalue weighted by Gasteiger charge is 2.17. The first kappa shape index (κ1) is 13.9. The Bertz CT molecular complexity index is 616. The molecule has 2 aromatic rings. The van der Waals surface area contributed by atoms with Gasteiger partial charge < -0.3 is 15.2 Å². The number of nitrogens with zero attached hydrogens (tertiary/aromatic N) is 2. The van der Waals surface area contributed by atoms with Gasteiger partial charge >= 0.3 is 0 Å². The predicted octanol–water partition coefficient (Wildman–Crippen LogP) is 2.16. The zero-order chi connectivity index (χ0) is 14.7. The van der Waals surface area contributed by atoms with Crippen LogP contribution < -0.4 is 10.5 Å². The summed E-state index contributed by atoms with van der Waals surface area (Å²) >= 11 is 0. The molecule has 0 saturated heterocycles. The van der Waals surface area contributed by atoms with E-state index in [1.54, 1.807) is 6.20 Å². The second-order valence-electron chi connectivity index (χ2n) is 5.31. The highest BCUT2D eigenvalue weighted by molar-refractivity contribution is 5.53. The van der Waals surface area contributed by atoms with E-state index >= 15 is 0 Å². The monoisotopic (exact) mass is 285 g/mol. The van der Waals surface area contributed by atoms with Crippen molar-refractivity contribution < 1.29 is 9.47 Å². The van der Waals surface area contributed by atoms with E-state index in [0.717, 1.165) is 35.7 Å². The molecule has 1 aromatic heterocycles. The lowest BCUT2D eigenvalue weighted by Crippen LogP contribution is -2.20. The fourth-order valence-electron chi connectivity index (χ4n) is 2.59. The van der Waals surface area contributed by atoms with Gasteiger partial charge in [0, 0.05) is 42.3 Å². The van der Waals surface area contributed by atoms with Crippen LogP contribution in [0.3, 0.4) is 0 Å². The van der Waals surface area contributed by atoms with Crippen molar-refractivity contribution in [3.05, 3.63) is 53.3 Å². The average Bonchev–Trinajstić information content (AvgIpc) is 2.48. The Morgan fingerprint density at radius 2 is 2.24 bits per heavy atom. The fourth-order valence-corrected chi connectivity index (χ4v) is 2.59. The lowest BCUT2D eigenvalue weighted by Gasteiger charge is -2.24. The lowest BCUT2D eigenvalue weighted by molar-refractivity contribution is -0.0173. The van der Waals surface area contributed by atoms with Gasteiger partial charge in [0.05, 0.1) is 6.61 Å². The number of aromatic nitrogens is 1. The number of ether oxygens (including phenoxy) is 2. The quantitative estimate of drug-likeness (QED) is 0.872. The van der Waals surface area contributed by atoms with Crippen LogP contribution in [-0.2, 0) is 24.4 Å². The van der Waals surface area contributed by atoms with Gasteiger partial charge in [-0.3, -0.25) is 9.88 Å². The molecular formula is C16H19N3O2. The summed E-state index contributed by atoms with van der Waals surface area (Å²) in [5.41, 5.74) is 10.0. The number of fused-ring (bicyclic) bond motifs is 1. The summed E-state index contributed by atoms with van der Waals surface area (Å²) in [4.78, 5) is 6.35. The standard InChI is InChI=1S/C16H19N3O2/c1-19(8-12-3-2-4-18-7-12)9-13-5-15(17)6-14-10-20-11-21-16(13)14/h2-7H,8-11,17H2,1H3. The van der Waals surface area contributed by atoms with Crippen molar-refractivity contribution >= 4 is 5.69 Å². The predicted molar refractivity (Wildman–Crippen MR) is 80.5 cm³/mol. The second kappa shape index (κ2) is 6.11. The van der Waals surface area contributed by atoms with Gasteiger partial charge in [0.2, 0.25) is 0 Å². The molecule has 21 heavy (non-hydrogen) atoms. The molecule has 0 unspecified atom stereocenters. The maximum Gasteiger partial charge on any atom is 0.189 e. The third kappa shape index (κ3) is 3.32. The molecule has 5 heteroatoms. The fraction of sp³-hybridized carbons (Fsp3) is 0.312. The van der Waals surface area contributed by atoms with E-state index in [-0.39, 0.29) is 0 Å². The van der Waals surface area contributed by atoms with Gasteiger partial charge in [-0.1, -0.05) is 6.07 Å². The highest BCUT2D eigenvalue weighted by atomic mass is 16.7. The maximum atomic E-state index is 5.97. The summed E-state index contributed by atoms with van der Waals surface area (Å²) in [6.45, 7) is 2.45. The maximum absolute atomic E-state index is 5.97. The zero-order valence-corrected chi connectivity index (χ0v) is 12.1. The number of anilines is 1. The van der Waals surface area contributed by atoms with Crippen LogP contribution >= 0.6 is 0 Å². The van der Waals surface area contributed by atoms with Crippen molar-refractivity contribution in [2.75, 3.05) is 19.6 Å². The van der Waals surface area contributed by atoms with Crippen LogP contribution in [0.1, 0.15) is 16.7 Å². The largest absolute Gasteiger partial charge is 0.467 e. The second-order valence-corrected chi connectivity index (χ2v) is 5.31. The third-order valence-electron chi connectivity index (χ3n) is 3.42. The summed E-state index contributed by atoms with van der Waals surface area (Å²) in [5.74, 6) is 0.911. The van der Waals surface area contributed by atoms with Crippen LogP contribution in [-0.4, -0.2) is 23.7 Å². The molecule has 0 bridgehead atoms. The molecule has 0 spiro atoms. The normalized spacial score (nSPS) is 13.8. The summed E-state index contributed by atoms with van der Waals surface area (Å²) < 4.78 is 11.0. The Morgan fingerprint density at radius 3 is 3.05 bits per heavy atom. The van der Waals surface area contributed by atoms with E-state index in [2.05, 4.69) is 23.0 Å². The SMILES string of the molecule is CN(Cc1cccnc1)Cc1cc(N)cc2c1OCOC2. The lowest BCUT2D eigenvalue weighted by atomic mass is 10.1. The number of nitrogens with two attached hydrogens (primary N) is 1. The van der Waals surface area contributed by atoms with Crippen LogP contribution in [0.5, 0.6) is 5.75 Å². The molecule has 0 atom stereocenters. The van der Waals surface area contributed by atoms with Crippen molar-refractivity contribution in [1.82, 2.24) is 9.88 Å². The summed E-state index contributed by atoms with van der Waals surface area (Å²) in [6, 6.07) is 7.91. The van der Waals surface area contributed by atoms with E-state index in [9.17, 15) is 0 Å². The summed E-state index contributed by atoms with van der Waals surface area (Å²) in [5, 5.41) is 0. The first-order valence-electron chi connectivity index (χ1n) is 6.91. The van der Waals surface area contributed by atoms with Crippen molar-refractivity contribution in [3.8, 4) is 5.75 Å². The van der Waals surface area contributed by atoms with Gasteiger partial charge in [-0.2, -0.15) is 0 Å². The zero-order valence-electron chi connectivity index (χ0n) is 12.1. The molecule has 1 aliphatic heterocycles. The van der Waals surface area contributed by atoms with Crippen LogP contribution in [0.25, 0.3) is 0 Å². The number of rotatable bonds is 4. The topological polar surface area (TPSA) is 60.6 Å². The number of hydrogen-bond acceptors (Lipinski definition) is 5. The number of pyridine rings is 1. The molecule has 1 aromatic carbocycles. The molecule has 2 N–H and O–H groups in total. The molecule has 0 amide bonds. The minimum atomic E-state index is 0.302. The molecule has 3 rings (SSSR count). The minimum absolute atomic E-state index is 0.302. The smallest absolute Gasteiger partial charge is 0.189 e. The molecule has 5 nitrogen and oxygen atoms in total. The molecule has 0 saturated carbocycles. The number of nitrogen functional groups attached to an aromatic ring is 1. The number of benzene rings is 1. The van der Waals surface area contributed by atoms with E-state index in [1.807, 2.05) is 24.4 Å². The van der Waals surface area contributed by atoms with E-state index in [4.69, 9.17) is 15.2 Å². The van der Waals surface area contributed by atoms with E-state index in [1.165, 1.54) is 5.56 Å². The first-order chi connectivity index (χ1) is 10.2. The highest BCUT2D eigenvalue weighted by Crippen LogP contribution is 2.31. The molecule has 110 valence electrons. The van der Waals surface area contributed by atoms with Crippen LogP contribution in [0.2, 0.25) is 0 Å². The Morgan fingerprint density at radius 1 is 1.33 bits per heavy atom. The Hall–Kier alpha value is -2.11. The molecule has 0 fully saturated rings. The van der Waals surface area contributed by atoms with Gasteiger partial charge in [0.25, 0.3) is 0 Å². The molecule has 0 radical (unpaired) electrons. The van der Waals surface area contributed by atoms with Crippen molar-refractivity contribution in [2.24, 2.45) is 0 Å². The van der Waals surface area contributed by atoms with Gasteiger partial charge in [0.1, 0.15) is 5.75 Å². The molecule has 2 heterocycles. The van der Waals surface area contributed by atoms with Crippen LogP contribution in [0, 0.1) is 0 Å². The van der Waals surface area contributed by atoms with Crippen molar-refractivity contribution in [1.29, 1.82) is 0 Å². The average molecular weight is 285 g/mol. The molecule has 1 aliphatic rings. The Kier molecular flexibility index (Phi) is 4.03. The van der Waals surface area contributed by atoms with Crippen molar-refractivity contribution in [3.63, 3.8) is 0 Å². The van der Waals surface area contributed by atoms with E-state index < -0.39 is 0 Å². The third-order valence-corrected chi connectivity index (χ3v) is 3.42. The number of hydrogen-bond donors (Lipinski definition) is 1. The Labute approximate surface area is 124 Å². The summed E-state index contributed by atoms with van der Waals surface area (Å²) in [7, 11) is 2.07. The van der Waals surface area contributed by atoms with E-state index in [0.29, 0.717) is 13.4 Å². The van der Waals surface area contributed by atoms with Gasteiger partial charge in [0.15, 0.2) is 6.79 Å². The first-order valence-corrected chi connectivity index (χ1v) is 6.91. The van der Waals surface area contributed by atoms with Crippen molar-refractivity contribution in [2.45, 2.75) is 19.7 Å². The molecule has 0 aliphatic carbocycles. The van der Waals surface area contributed by atoms with Gasteiger partial charge in [-0.25, -0.2) is 0 Å². The summed E-state index contributed by atoms with van der Waals surface area (Å²) in [6.07, 6.45) is 3.67.